The minimum absolute atomic E-state index is 0.0217. The monoisotopic (exact) mass is 268 g/mol. The first kappa shape index (κ1) is 13.1. The van der Waals surface area contributed by atoms with E-state index < -0.39 is 21.2 Å². The lowest BCUT2D eigenvalue weighted by molar-refractivity contribution is -0.149. The van der Waals surface area contributed by atoms with Crippen molar-refractivity contribution in [1.29, 1.82) is 0 Å². The molecule has 1 fully saturated rings. The molecule has 1 aliphatic rings. The predicted octanol–water partition coefficient (Wildman–Crippen LogP) is 1.51. The molecule has 0 unspecified atom stereocenters. The highest BCUT2D eigenvalue weighted by Crippen LogP contribution is 2.36. The number of carboxylic acid groups (broad SMARTS) is 1. The van der Waals surface area contributed by atoms with Crippen LogP contribution in [0, 0.1) is 5.41 Å². The van der Waals surface area contributed by atoms with Crippen molar-refractivity contribution >= 4 is 15.8 Å². The van der Waals surface area contributed by atoms with Gasteiger partial charge >= 0.3 is 5.97 Å². The zero-order valence-electron chi connectivity index (χ0n) is 10.0. The second-order valence-electron chi connectivity index (χ2n) is 4.90. The minimum atomic E-state index is -3.04. The fourth-order valence-corrected chi connectivity index (χ4v) is 3.99. The van der Waals surface area contributed by atoms with Gasteiger partial charge in [-0.3, -0.25) is 4.79 Å². The average Bonchev–Trinajstić information content (AvgIpc) is 2.33. The fourth-order valence-electron chi connectivity index (χ4n) is 2.38. The van der Waals surface area contributed by atoms with Crippen LogP contribution in [0.15, 0.2) is 30.3 Å². The number of hydrogen-bond acceptors (Lipinski definition) is 3. The Kier molecular flexibility index (Phi) is 3.43. The lowest BCUT2D eigenvalue weighted by atomic mass is 9.76. The summed E-state index contributed by atoms with van der Waals surface area (Å²) in [5.41, 5.74) is 0.0198. The number of sulfone groups is 1. The predicted molar refractivity (Wildman–Crippen MR) is 68.1 cm³/mol. The van der Waals surface area contributed by atoms with Crippen LogP contribution in [0.5, 0.6) is 0 Å². The number of aliphatic carboxylic acids is 1. The maximum Gasteiger partial charge on any atom is 0.310 e. The van der Waals surface area contributed by atoms with E-state index in [1.165, 1.54) is 0 Å². The molecule has 1 aliphatic heterocycles. The maximum absolute atomic E-state index is 11.5. The molecule has 0 saturated carbocycles. The fraction of sp³-hybridized carbons (Fsp3) is 0.462. The van der Waals surface area contributed by atoms with Gasteiger partial charge < -0.3 is 5.11 Å². The number of hydrogen-bond donors (Lipinski definition) is 1. The average molecular weight is 268 g/mol. The second-order valence-corrected chi connectivity index (χ2v) is 7.20. The van der Waals surface area contributed by atoms with Crippen LogP contribution >= 0.6 is 0 Å². The number of benzene rings is 1. The summed E-state index contributed by atoms with van der Waals surface area (Å²) >= 11 is 0. The quantitative estimate of drug-likeness (QED) is 0.902. The molecule has 0 bridgehead atoms. The van der Waals surface area contributed by atoms with Crippen LogP contribution in [0.25, 0.3) is 0 Å². The molecule has 18 heavy (non-hydrogen) atoms. The topological polar surface area (TPSA) is 71.4 Å². The maximum atomic E-state index is 11.5. The number of carbonyl (C=O) groups is 1. The van der Waals surface area contributed by atoms with Crippen LogP contribution in [-0.2, 0) is 21.1 Å². The molecule has 1 saturated heterocycles. The van der Waals surface area contributed by atoms with Crippen molar-refractivity contribution in [2.45, 2.75) is 19.3 Å². The van der Waals surface area contributed by atoms with Crippen molar-refractivity contribution < 1.29 is 18.3 Å². The summed E-state index contributed by atoms with van der Waals surface area (Å²) in [7, 11) is -3.04. The lowest BCUT2D eigenvalue weighted by Gasteiger charge is -2.33. The summed E-state index contributed by atoms with van der Waals surface area (Å²) in [5.74, 6) is -0.931. The van der Waals surface area contributed by atoms with Gasteiger partial charge in [0.25, 0.3) is 0 Å². The Hall–Kier alpha value is -1.36. The van der Waals surface area contributed by atoms with Crippen LogP contribution in [0.2, 0.25) is 0 Å². The SMILES string of the molecule is O=C(O)C1(Cc2ccccc2)CCS(=O)(=O)CC1. The van der Waals surface area contributed by atoms with E-state index in [2.05, 4.69) is 0 Å². The van der Waals surface area contributed by atoms with Crippen LogP contribution in [0.4, 0.5) is 0 Å². The van der Waals surface area contributed by atoms with E-state index in [4.69, 9.17) is 0 Å². The molecule has 1 aromatic carbocycles. The highest BCUT2D eigenvalue weighted by molar-refractivity contribution is 7.91. The van der Waals surface area contributed by atoms with Gasteiger partial charge in [0.05, 0.1) is 16.9 Å². The molecule has 5 heteroatoms. The van der Waals surface area contributed by atoms with Gasteiger partial charge in [-0.1, -0.05) is 30.3 Å². The Morgan fingerprint density at radius 1 is 1.17 bits per heavy atom. The third-order valence-electron chi connectivity index (χ3n) is 3.62. The summed E-state index contributed by atoms with van der Waals surface area (Å²) in [5, 5.41) is 9.43. The van der Waals surface area contributed by atoms with E-state index in [0.717, 1.165) is 5.56 Å². The van der Waals surface area contributed by atoms with Gasteiger partial charge in [0.15, 0.2) is 0 Å². The molecular weight excluding hydrogens is 252 g/mol. The largest absolute Gasteiger partial charge is 0.481 e. The first-order valence-corrected chi connectivity index (χ1v) is 7.73. The van der Waals surface area contributed by atoms with E-state index >= 15 is 0 Å². The Labute approximate surface area is 107 Å². The molecule has 0 spiro atoms. The summed E-state index contributed by atoms with van der Waals surface area (Å²) in [6, 6.07) is 9.37. The van der Waals surface area contributed by atoms with Gasteiger partial charge in [0.2, 0.25) is 0 Å². The van der Waals surface area contributed by atoms with Crippen LogP contribution in [0.1, 0.15) is 18.4 Å². The molecule has 1 heterocycles. The van der Waals surface area contributed by atoms with E-state index in [-0.39, 0.29) is 24.3 Å². The molecule has 1 aromatic rings. The summed E-state index contributed by atoms with van der Waals surface area (Å²) < 4.78 is 22.8. The van der Waals surface area contributed by atoms with E-state index in [0.29, 0.717) is 6.42 Å². The second kappa shape index (κ2) is 4.72. The Bertz CT molecular complexity index is 519. The normalized spacial score (nSPS) is 21.3. The molecule has 1 N–H and O–H groups in total. The highest BCUT2D eigenvalue weighted by atomic mass is 32.2. The smallest absolute Gasteiger partial charge is 0.310 e. The first-order valence-electron chi connectivity index (χ1n) is 5.91. The molecule has 0 aromatic heterocycles. The highest BCUT2D eigenvalue weighted by Gasteiger charge is 2.43. The van der Waals surface area contributed by atoms with Crippen molar-refractivity contribution in [1.82, 2.24) is 0 Å². The molecule has 0 amide bonds. The van der Waals surface area contributed by atoms with Gasteiger partial charge in [-0.15, -0.1) is 0 Å². The lowest BCUT2D eigenvalue weighted by Crippen LogP contribution is -2.41. The van der Waals surface area contributed by atoms with Crippen molar-refractivity contribution in [2.24, 2.45) is 5.41 Å². The van der Waals surface area contributed by atoms with Crippen molar-refractivity contribution in [3.05, 3.63) is 35.9 Å². The Morgan fingerprint density at radius 2 is 1.72 bits per heavy atom. The third kappa shape index (κ3) is 2.72. The Balaban J connectivity index is 2.22. The first-order chi connectivity index (χ1) is 8.44. The molecule has 0 aliphatic carbocycles. The van der Waals surface area contributed by atoms with Crippen LogP contribution in [-0.4, -0.2) is 31.0 Å². The molecule has 0 radical (unpaired) electrons. The van der Waals surface area contributed by atoms with Crippen LogP contribution < -0.4 is 0 Å². The molecular formula is C13H16O4S. The van der Waals surface area contributed by atoms with Gasteiger partial charge in [0, 0.05) is 0 Å². The van der Waals surface area contributed by atoms with Gasteiger partial charge in [-0.25, -0.2) is 8.42 Å². The molecule has 2 rings (SSSR count). The summed E-state index contributed by atoms with van der Waals surface area (Å²) in [6.45, 7) is 0. The van der Waals surface area contributed by atoms with Crippen molar-refractivity contribution in [2.75, 3.05) is 11.5 Å². The third-order valence-corrected chi connectivity index (χ3v) is 5.27. The number of rotatable bonds is 3. The Morgan fingerprint density at radius 3 is 2.22 bits per heavy atom. The zero-order valence-corrected chi connectivity index (χ0v) is 10.8. The minimum Gasteiger partial charge on any atom is -0.481 e. The molecule has 98 valence electrons. The van der Waals surface area contributed by atoms with E-state index in [1.54, 1.807) is 0 Å². The van der Waals surface area contributed by atoms with Crippen molar-refractivity contribution in [3.63, 3.8) is 0 Å². The summed E-state index contributed by atoms with van der Waals surface area (Å²) in [4.78, 5) is 11.5. The zero-order chi connectivity index (χ0) is 13.2. The van der Waals surface area contributed by atoms with Crippen molar-refractivity contribution in [3.8, 4) is 0 Å². The standard InChI is InChI=1S/C13H16O4S/c14-12(15)13(6-8-18(16,17)9-7-13)10-11-4-2-1-3-5-11/h1-5H,6-10H2,(H,14,15). The van der Waals surface area contributed by atoms with E-state index in [9.17, 15) is 18.3 Å². The summed E-state index contributed by atoms with van der Waals surface area (Å²) in [6.07, 6.45) is 0.817. The van der Waals surface area contributed by atoms with E-state index in [1.807, 2.05) is 30.3 Å². The van der Waals surface area contributed by atoms with Gasteiger partial charge in [0.1, 0.15) is 9.84 Å². The van der Waals surface area contributed by atoms with Gasteiger partial charge in [-0.05, 0) is 24.8 Å². The molecule has 4 nitrogen and oxygen atoms in total. The molecule has 0 atom stereocenters. The van der Waals surface area contributed by atoms with Crippen LogP contribution in [0.3, 0.4) is 0 Å². The number of carboxylic acids is 1. The van der Waals surface area contributed by atoms with Gasteiger partial charge in [-0.2, -0.15) is 0 Å².